The average molecular weight is 216 g/mol. The quantitative estimate of drug-likeness (QED) is 0.545. The molecular weight excluding hydrogens is 188 g/mol. The van der Waals surface area contributed by atoms with E-state index in [2.05, 4.69) is 31.4 Å². The van der Waals surface area contributed by atoms with Crippen LogP contribution in [-0.4, -0.2) is 39.9 Å². The van der Waals surface area contributed by atoms with Crippen molar-refractivity contribution in [3.05, 3.63) is 0 Å². The first-order chi connectivity index (χ1) is 7.12. The van der Waals surface area contributed by atoms with Gasteiger partial charge in [0.15, 0.2) is 0 Å². The molecule has 2 N–H and O–H groups in total. The van der Waals surface area contributed by atoms with Gasteiger partial charge in [-0.3, -0.25) is 0 Å². The van der Waals surface area contributed by atoms with Crippen molar-refractivity contribution in [2.75, 3.05) is 39.9 Å². The van der Waals surface area contributed by atoms with E-state index in [1.165, 1.54) is 12.8 Å². The predicted molar refractivity (Wildman–Crippen MR) is 66.3 cm³/mol. The zero-order valence-electron chi connectivity index (χ0n) is 10.9. The number of ether oxygens (including phenoxy) is 1. The van der Waals surface area contributed by atoms with Crippen LogP contribution in [0.2, 0.25) is 0 Å². The van der Waals surface area contributed by atoms with Crippen molar-refractivity contribution in [3.63, 3.8) is 0 Å². The van der Waals surface area contributed by atoms with E-state index >= 15 is 0 Å². The summed E-state index contributed by atoms with van der Waals surface area (Å²) in [5.74, 6) is 0. The van der Waals surface area contributed by atoms with Gasteiger partial charge in [0, 0.05) is 20.2 Å². The second-order valence-corrected chi connectivity index (χ2v) is 4.79. The van der Waals surface area contributed by atoms with Crippen molar-refractivity contribution in [2.24, 2.45) is 5.41 Å². The van der Waals surface area contributed by atoms with E-state index < -0.39 is 0 Å². The van der Waals surface area contributed by atoms with Crippen molar-refractivity contribution < 1.29 is 4.74 Å². The van der Waals surface area contributed by atoms with Gasteiger partial charge in [-0.1, -0.05) is 20.8 Å². The van der Waals surface area contributed by atoms with Crippen LogP contribution in [0.25, 0.3) is 0 Å². The van der Waals surface area contributed by atoms with Crippen molar-refractivity contribution in [1.82, 2.24) is 10.6 Å². The number of hydrogen-bond donors (Lipinski definition) is 2. The molecule has 0 rings (SSSR count). The normalized spacial score (nSPS) is 12.0. The zero-order valence-corrected chi connectivity index (χ0v) is 10.9. The minimum atomic E-state index is 0.434. The average Bonchev–Trinajstić information content (AvgIpc) is 2.22. The third kappa shape index (κ3) is 10.2. The van der Waals surface area contributed by atoms with Crippen molar-refractivity contribution in [3.8, 4) is 0 Å². The summed E-state index contributed by atoms with van der Waals surface area (Å²) in [6.45, 7) is 11.9. The van der Waals surface area contributed by atoms with Crippen molar-refractivity contribution >= 4 is 0 Å². The molecule has 15 heavy (non-hydrogen) atoms. The van der Waals surface area contributed by atoms with Gasteiger partial charge in [0.1, 0.15) is 0 Å². The Kier molecular flexibility index (Phi) is 9.06. The first kappa shape index (κ1) is 14.9. The molecule has 0 fully saturated rings. The summed E-state index contributed by atoms with van der Waals surface area (Å²) in [7, 11) is 1.73. The van der Waals surface area contributed by atoms with Crippen LogP contribution in [0.1, 0.15) is 33.6 Å². The molecule has 0 atom stereocenters. The molecule has 0 aromatic heterocycles. The van der Waals surface area contributed by atoms with Crippen LogP contribution in [0.5, 0.6) is 0 Å². The summed E-state index contributed by atoms with van der Waals surface area (Å²) in [5.41, 5.74) is 0.434. The lowest BCUT2D eigenvalue weighted by molar-refractivity contribution is 0.199. The van der Waals surface area contributed by atoms with Gasteiger partial charge < -0.3 is 15.4 Å². The van der Waals surface area contributed by atoms with Gasteiger partial charge in [-0.05, 0) is 31.3 Å². The summed E-state index contributed by atoms with van der Waals surface area (Å²) in [6.07, 6.45) is 2.41. The van der Waals surface area contributed by atoms with E-state index in [1.807, 2.05) is 0 Å². The molecule has 0 spiro atoms. The number of nitrogens with one attached hydrogen (secondary N) is 2. The molecule has 0 aliphatic heterocycles. The molecular formula is C12H28N2O. The molecule has 3 nitrogen and oxygen atoms in total. The molecule has 0 heterocycles. The highest BCUT2D eigenvalue weighted by Crippen LogP contribution is 2.17. The Hall–Kier alpha value is -0.120. The SMILES string of the molecule is CCC(C)(C)CNCCCNCCOC. The van der Waals surface area contributed by atoms with E-state index in [1.54, 1.807) is 7.11 Å². The molecule has 0 aromatic rings. The molecule has 0 amide bonds. The Bertz CT molecular complexity index is 138. The lowest BCUT2D eigenvalue weighted by Crippen LogP contribution is -2.31. The molecule has 0 aliphatic rings. The molecule has 3 heteroatoms. The van der Waals surface area contributed by atoms with Crippen LogP contribution in [-0.2, 0) is 4.74 Å². The molecule has 0 aromatic carbocycles. The number of rotatable bonds is 10. The zero-order chi connectivity index (χ0) is 11.6. The van der Waals surface area contributed by atoms with Crippen LogP contribution >= 0.6 is 0 Å². The Morgan fingerprint density at radius 1 is 1.07 bits per heavy atom. The predicted octanol–water partition coefficient (Wildman–Crippen LogP) is 1.64. The van der Waals surface area contributed by atoms with E-state index in [4.69, 9.17) is 4.74 Å². The third-order valence-electron chi connectivity index (χ3n) is 2.75. The second-order valence-electron chi connectivity index (χ2n) is 4.79. The van der Waals surface area contributed by atoms with E-state index in [0.717, 1.165) is 32.8 Å². The Balaban J connectivity index is 3.11. The van der Waals surface area contributed by atoms with Crippen LogP contribution in [0.3, 0.4) is 0 Å². The maximum absolute atomic E-state index is 4.95. The molecule has 0 unspecified atom stereocenters. The maximum atomic E-state index is 4.95. The maximum Gasteiger partial charge on any atom is 0.0587 e. The van der Waals surface area contributed by atoms with Gasteiger partial charge in [0.25, 0.3) is 0 Å². The van der Waals surface area contributed by atoms with Gasteiger partial charge in [-0.25, -0.2) is 0 Å². The van der Waals surface area contributed by atoms with Gasteiger partial charge >= 0.3 is 0 Å². The fourth-order valence-electron chi connectivity index (χ4n) is 1.19. The second kappa shape index (κ2) is 9.13. The fraction of sp³-hybridized carbons (Fsp3) is 1.00. The molecule has 0 saturated heterocycles. The first-order valence-electron chi connectivity index (χ1n) is 6.03. The standard InChI is InChI=1S/C12H28N2O/c1-5-12(2,3)11-14-8-6-7-13-9-10-15-4/h13-14H,5-11H2,1-4H3. The number of hydrogen-bond acceptors (Lipinski definition) is 3. The van der Waals surface area contributed by atoms with Gasteiger partial charge in [-0.15, -0.1) is 0 Å². The highest BCUT2D eigenvalue weighted by Gasteiger charge is 2.13. The summed E-state index contributed by atoms with van der Waals surface area (Å²) < 4.78 is 4.95. The number of methoxy groups -OCH3 is 1. The minimum Gasteiger partial charge on any atom is -0.383 e. The lowest BCUT2D eigenvalue weighted by Gasteiger charge is -2.22. The van der Waals surface area contributed by atoms with Crippen LogP contribution in [0.4, 0.5) is 0 Å². The molecule has 0 saturated carbocycles. The molecule has 0 bridgehead atoms. The smallest absolute Gasteiger partial charge is 0.0587 e. The monoisotopic (exact) mass is 216 g/mol. The Labute approximate surface area is 95.0 Å². The fourth-order valence-corrected chi connectivity index (χ4v) is 1.19. The van der Waals surface area contributed by atoms with Gasteiger partial charge in [0.05, 0.1) is 6.61 Å². The third-order valence-corrected chi connectivity index (χ3v) is 2.75. The van der Waals surface area contributed by atoms with Crippen LogP contribution in [0.15, 0.2) is 0 Å². The molecule has 92 valence electrons. The lowest BCUT2D eigenvalue weighted by atomic mass is 9.90. The van der Waals surface area contributed by atoms with E-state index in [0.29, 0.717) is 5.41 Å². The topological polar surface area (TPSA) is 33.3 Å². The molecule has 0 radical (unpaired) electrons. The van der Waals surface area contributed by atoms with Crippen molar-refractivity contribution in [1.29, 1.82) is 0 Å². The van der Waals surface area contributed by atoms with Crippen LogP contribution in [0, 0.1) is 5.41 Å². The summed E-state index contributed by atoms with van der Waals surface area (Å²) >= 11 is 0. The van der Waals surface area contributed by atoms with Gasteiger partial charge in [0.2, 0.25) is 0 Å². The van der Waals surface area contributed by atoms with E-state index in [-0.39, 0.29) is 0 Å². The highest BCUT2D eigenvalue weighted by atomic mass is 16.5. The summed E-state index contributed by atoms with van der Waals surface area (Å²) in [5, 5.41) is 6.83. The first-order valence-corrected chi connectivity index (χ1v) is 6.03. The highest BCUT2D eigenvalue weighted by molar-refractivity contribution is 4.69. The summed E-state index contributed by atoms with van der Waals surface area (Å²) in [4.78, 5) is 0. The van der Waals surface area contributed by atoms with Gasteiger partial charge in [-0.2, -0.15) is 0 Å². The van der Waals surface area contributed by atoms with E-state index in [9.17, 15) is 0 Å². The Morgan fingerprint density at radius 3 is 2.33 bits per heavy atom. The largest absolute Gasteiger partial charge is 0.383 e. The van der Waals surface area contributed by atoms with Crippen molar-refractivity contribution in [2.45, 2.75) is 33.6 Å². The Morgan fingerprint density at radius 2 is 1.73 bits per heavy atom. The molecule has 0 aliphatic carbocycles. The minimum absolute atomic E-state index is 0.434. The summed E-state index contributed by atoms with van der Waals surface area (Å²) in [6, 6.07) is 0. The van der Waals surface area contributed by atoms with Crippen LogP contribution < -0.4 is 10.6 Å².